The summed E-state index contributed by atoms with van der Waals surface area (Å²) in [6.07, 6.45) is 6.39. The molecule has 21 heavy (non-hydrogen) atoms. The summed E-state index contributed by atoms with van der Waals surface area (Å²) in [5.74, 6) is 1.19. The van der Waals surface area contributed by atoms with E-state index in [0.29, 0.717) is 0 Å². The molecule has 1 aliphatic rings. The number of hydrogen-bond acceptors (Lipinski definition) is 2. The van der Waals surface area contributed by atoms with Crippen LogP contribution in [0.5, 0.6) is 5.75 Å². The van der Waals surface area contributed by atoms with Crippen LogP contribution in [0.25, 0.3) is 10.9 Å². The summed E-state index contributed by atoms with van der Waals surface area (Å²) in [5.41, 5.74) is 1.90. The second-order valence-corrected chi connectivity index (χ2v) is 6.77. The Morgan fingerprint density at radius 2 is 2.14 bits per heavy atom. The molecule has 0 saturated heterocycles. The van der Waals surface area contributed by atoms with Crippen LogP contribution in [0.2, 0.25) is 0 Å². The van der Waals surface area contributed by atoms with E-state index in [-0.39, 0.29) is 17.1 Å². The van der Waals surface area contributed by atoms with Gasteiger partial charge in [-0.15, -0.1) is 0 Å². The Labute approximate surface area is 125 Å². The predicted molar refractivity (Wildman–Crippen MR) is 84.9 cm³/mol. The van der Waals surface area contributed by atoms with Gasteiger partial charge in [0.25, 0.3) is 0 Å². The summed E-state index contributed by atoms with van der Waals surface area (Å²) in [6.45, 7) is 4.45. The number of carbonyl (C=O) groups excluding carboxylic acids is 1. The summed E-state index contributed by atoms with van der Waals surface area (Å²) in [6, 6.07) is 5.84. The Bertz CT molecular complexity index is 669. The first-order valence-corrected chi connectivity index (χ1v) is 7.72. The standard InChI is InChI=1S/C18H23NO2/c1-18(2)9-5-4-6-15(18)17(20)14-11-19-16-8-7-12(21-3)10-13(14)16/h7-8,10-11,15,19H,4-6,9H2,1-3H3. The SMILES string of the molecule is COc1ccc2[nH]cc(C(=O)C3CCCCC3(C)C)c2c1. The fourth-order valence-corrected chi connectivity index (χ4v) is 3.60. The van der Waals surface area contributed by atoms with Gasteiger partial charge in [0.1, 0.15) is 5.75 Å². The molecule has 0 spiro atoms. The summed E-state index contributed by atoms with van der Waals surface area (Å²) in [4.78, 5) is 16.2. The molecule has 2 aromatic rings. The normalized spacial score (nSPS) is 21.4. The average Bonchev–Trinajstić information content (AvgIpc) is 2.89. The average molecular weight is 285 g/mol. The van der Waals surface area contributed by atoms with Crippen LogP contribution in [0.4, 0.5) is 0 Å². The van der Waals surface area contributed by atoms with Gasteiger partial charge in [0.2, 0.25) is 0 Å². The maximum absolute atomic E-state index is 13.0. The van der Waals surface area contributed by atoms with Gasteiger partial charge in [0.05, 0.1) is 7.11 Å². The molecule has 3 heteroatoms. The summed E-state index contributed by atoms with van der Waals surface area (Å²) in [5, 5.41) is 0.973. The molecule has 1 saturated carbocycles. The summed E-state index contributed by atoms with van der Waals surface area (Å²) >= 11 is 0. The van der Waals surface area contributed by atoms with Gasteiger partial charge in [0, 0.05) is 28.6 Å². The minimum absolute atomic E-state index is 0.0950. The van der Waals surface area contributed by atoms with Crippen LogP contribution in [0.1, 0.15) is 49.9 Å². The lowest BCUT2D eigenvalue weighted by atomic mass is 9.66. The molecule has 1 N–H and O–H groups in total. The van der Waals surface area contributed by atoms with Crippen molar-refractivity contribution in [3.05, 3.63) is 30.0 Å². The number of hydrogen-bond donors (Lipinski definition) is 1. The molecule has 1 aromatic heterocycles. The van der Waals surface area contributed by atoms with Gasteiger partial charge in [-0.2, -0.15) is 0 Å². The van der Waals surface area contributed by atoms with E-state index in [0.717, 1.165) is 41.5 Å². The summed E-state index contributed by atoms with van der Waals surface area (Å²) < 4.78 is 5.29. The molecule has 3 rings (SSSR count). The van der Waals surface area contributed by atoms with Gasteiger partial charge in [-0.05, 0) is 36.5 Å². The third kappa shape index (κ3) is 2.45. The van der Waals surface area contributed by atoms with Gasteiger partial charge >= 0.3 is 0 Å². The van der Waals surface area contributed by atoms with E-state index in [2.05, 4.69) is 18.8 Å². The number of ether oxygens (including phenoxy) is 1. The molecule has 1 fully saturated rings. The van der Waals surface area contributed by atoms with Crippen molar-refractivity contribution in [1.82, 2.24) is 4.98 Å². The summed E-state index contributed by atoms with van der Waals surface area (Å²) in [7, 11) is 1.65. The second-order valence-electron chi connectivity index (χ2n) is 6.77. The predicted octanol–water partition coefficient (Wildman–Crippen LogP) is 4.58. The van der Waals surface area contributed by atoms with E-state index >= 15 is 0 Å². The topological polar surface area (TPSA) is 42.1 Å². The molecule has 1 aliphatic carbocycles. The van der Waals surface area contributed by atoms with Crippen molar-refractivity contribution < 1.29 is 9.53 Å². The van der Waals surface area contributed by atoms with Crippen molar-refractivity contribution in [3.63, 3.8) is 0 Å². The van der Waals surface area contributed by atoms with Crippen molar-refractivity contribution in [2.75, 3.05) is 7.11 Å². The van der Waals surface area contributed by atoms with Gasteiger partial charge in [0.15, 0.2) is 5.78 Å². The van der Waals surface area contributed by atoms with Crippen LogP contribution in [-0.2, 0) is 0 Å². The zero-order chi connectivity index (χ0) is 15.0. The monoisotopic (exact) mass is 285 g/mol. The first kappa shape index (κ1) is 14.2. The molecule has 1 heterocycles. The lowest BCUT2D eigenvalue weighted by molar-refractivity contribution is 0.0699. The molecule has 112 valence electrons. The molecule has 0 aliphatic heterocycles. The lowest BCUT2D eigenvalue weighted by Gasteiger charge is -2.37. The number of H-pyrrole nitrogens is 1. The van der Waals surface area contributed by atoms with Crippen LogP contribution in [0.3, 0.4) is 0 Å². The van der Waals surface area contributed by atoms with E-state index in [9.17, 15) is 4.79 Å². The third-order valence-electron chi connectivity index (χ3n) is 4.98. The molecule has 0 bridgehead atoms. The van der Waals surface area contributed by atoms with E-state index < -0.39 is 0 Å². The number of aromatic nitrogens is 1. The van der Waals surface area contributed by atoms with Crippen molar-refractivity contribution in [2.24, 2.45) is 11.3 Å². The maximum atomic E-state index is 13.0. The minimum atomic E-state index is 0.0950. The number of aromatic amines is 1. The maximum Gasteiger partial charge on any atom is 0.168 e. The van der Waals surface area contributed by atoms with Crippen molar-refractivity contribution in [2.45, 2.75) is 39.5 Å². The minimum Gasteiger partial charge on any atom is -0.497 e. The highest BCUT2D eigenvalue weighted by atomic mass is 16.5. The number of Topliss-reactive ketones (excluding diaryl/α,β-unsaturated/α-hetero) is 1. The highest BCUT2D eigenvalue weighted by molar-refractivity contribution is 6.09. The number of carbonyl (C=O) groups is 1. The van der Waals surface area contributed by atoms with Crippen LogP contribution in [0.15, 0.2) is 24.4 Å². The number of methoxy groups -OCH3 is 1. The molecule has 1 atom stereocenters. The molecule has 1 unspecified atom stereocenters. The first-order valence-electron chi connectivity index (χ1n) is 7.72. The van der Waals surface area contributed by atoms with Gasteiger partial charge in [-0.3, -0.25) is 4.79 Å². The number of benzene rings is 1. The highest BCUT2D eigenvalue weighted by Gasteiger charge is 2.38. The smallest absolute Gasteiger partial charge is 0.168 e. The Hall–Kier alpha value is -1.77. The largest absolute Gasteiger partial charge is 0.497 e. The number of rotatable bonds is 3. The highest BCUT2D eigenvalue weighted by Crippen LogP contribution is 2.43. The van der Waals surface area contributed by atoms with E-state index in [4.69, 9.17) is 4.74 Å². The Kier molecular flexibility index (Phi) is 3.52. The molecular weight excluding hydrogens is 262 g/mol. The molecule has 0 radical (unpaired) electrons. The van der Waals surface area contributed by atoms with Crippen molar-refractivity contribution >= 4 is 16.7 Å². The molecule has 3 nitrogen and oxygen atoms in total. The van der Waals surface area contributed by atoms with Gasteiger partial charge in [-0.25, -0.2) is 0 Å². The fourth-order valence-electron chi connectivity index (χ4n) is 3.60. The quantitative estimate of drug-likeness (QED) is 0.839. The van der Waals surface area contributed by atoms with Gasteiger partial charge < -0.3 is 9.72 Å². The van der Waals surface area contributed by atoms with Crippen LogP contribution < -0.4 is 4.74 Å². The van der Waals surface area contributed by atoms with Crippen molar-refractivity contribution in [1.29, 1.82) is 0 Å². The number of nitrogens with one attached hydrogen (secondary N) is 1. The zero-order valence-electron chi connectivity index (χ0n) is 13.0. The molecular formula is C18H23NO2. The number of fused-ring (bicyclic) bond motifs is 1. The Morgan fingerprint density at radius 1 is 1.33 bits per heavy atom. The third-order valence-corrected chi connectivity index (χ3v) is 4.98. The van der Waals surface area contributed by atoms with Crippen LogP contribution in [-0.4, -0.2) is 17.9 Å². The Balaban J connectivity index is 2.01. The lowest BCUT2D eigenvalue weighted by Crippen LogP contribution is -2.34. The molecule has 0 amide bonds. The van der Waals surface area contributed by atoms with E-state index in [1.165, 1.54) is 6.42 Å². The fraction of sp³-hybridized carbons (Fsp3) is 0.500. The second kappa shape index (κ2) is 5.21. The van der Waals surface area contributed by atoms with Crippen LogP contribution >= 0.6 is 0 Å². The first-order chi connectivity index (χ1) is 10.0. The van der Waals surface area contributed by atoms with E-state index in [1.54, 1.807) is 7.11 Å². The number of ketones is 1. The molecule has 1 aromatic carbocycles. The zero-order valence-corrected chi connectivity index (χ0v) is 13.0. The Morgan fingerprint density at radius 3 is 2.86 bits per heavy atom. The van der Waals surface area contributed by atoms with E-state index in [1.807, 2.05) is 24.4 Å². The van der Waals surface area contributed by atoms with Crippen molar-refractivity contribution in [3.8, 4) is 5.75 Å². The van der Waals surface area contributed by atoms with Gasteiger partial charge in [-0.1, -0.05) is 26.7 Å². The van der Waals surface area contributed by atoms with Crippen LogP contribution in [0, 0.1) is 11.3 Å².